The fraction of sp³-hybridized carbons (Fsp3) is 0.360. The molecule has 1 saturated heterocycles. The number of carbonyl (C=O) groups excluding carboxylic acids is 2. The van der Waals surface area contributed by atoms with Crippen LogP contribution in [-0.2, 0) is 9.59 Å². The molecule has 2 aromatic carbocycles. The third-order valence-electron chi connectivity index (χ3n) is 5.30. The average molecular weight is 491 g/mol. The predicted octanol–water partition coefficient (Wildman–Crippen LogP) is 5.15. The van der Waals surface area contributed by atoms with Crippen molar-refractivity contribution in [3.05, 3.63) is 69.2 Å². The molecule has 0 saturated carbocycles. The standard InChI is InChI=1S/C25H28Cl2N2O4/c1-15(2)33-18-9-6-16(7-10-18)23(30)21-22(19-11-8-17(26)14-20(19)27)29(25(32)24(21)31)13-5-12-28(3)4/h6-11,14-15,22,30H,5,12-13H2,1-4H3/t22-/m1/s1. The maximum absolute atomic E-state index is 13.1. The average Bonchev–Trinajstić information content (AvgIpc) is 2.98. The molecule has 1 heterocycles. The van der Waals surface area contributed by atoms with Gasteiger partial charge in [-0.25, -0.2) is 0 Å². The Morgan fingerprint density at radius 1 is 1.12 bits per heavy atom. The molecule has 33 heavy (non-hydrogen) atoms. The van der Waals surface area contributed by atoms with Crippen molar-refractivity contribution in [2.75, 3.05) is 27.2 Å². The van der Waals surface area contributed by atoms with Gasteiger partial charge in [0.2, 0.25) is 0 Å². The van der Waals surface area contributed by atoms with Gasteiger partial charge in [0.15, 0.2) is 0 Å². The zero-order valence-corrected chi connectivity index (χ0v) is 20.7. The van der Waals surface area contributed by atoms with E-state index in [1.807, 2.05) is 32.8 Å². The number of Topliss-reactive ketones (excluding diaryl/α,β-unsaturated/α-hetero) is 1. The Morgan fingerprint density at radius 2 is 1.79 bits per heavy atom. The van der Waals surface area contributed by atoms with Crippen molar-refractivity contribution in [1.29, 1.82) is 0 Å². The fourth-order valence-electron chi connectivity index (χ4n) is 3.83. The lowest BCUT2D eigenvalue weighted by molar-refractivity contribution is -0.139. The maximum atomic E-state index is 13.1. The number of hydrogen-bond acceptors (Lipinski definition) is 5. The molecule has 1 N–H and O–H groups in total. The minimum Gasteiger partial charge on any atom is -0.507 e. The van der Waals surface area contributed by atoms with Gasteiger partial charge in [-0.05, 0) is 82.9 Å². The highest BCUT2D eigenvalue weighted by Crippen LogP contribution is 2.42. The Morgan fingerprint density at radius 3 is 2.36 bits per heavy atom. The van der Waals surface area contributed by atoms with Crippen LogP contribution < -0.4 is 4.74 Å². The molecule has 0 aromatic heterocycles. The third kappa shape index (κ3) is 5.69. The van der Waals surface area contributed by atoms with Gasteiger partial charge in [-0.15, -0.1) is 0 Å². The molecule has 1 aliphatic rings. The zero-order valence-electron chi connectivity index (χ0n) is 19.1. The van der Waals surface area contributed by atoms with Crippen LogP contribution in [0.3, 0.4) is 0 Å². The van der Waals surface area contributed by atoms with E-state index in [2.05, 4.69) is 0 Å². The van der Waals surface area contributed by atoms with Crippen molar-refractivity contribution >= 4 is 40.7 Å². The molecule has 8 heteroatoms. The summed E-state index contributed by atoms with van der Waals surface area (Å²) in [5.74, 6) is -1.01. The molecule has 0 radical (unpaired) electrons. The maximum Gasteiger partial charge on any atom is 0.295 e. The highest BCUT2D eigenvalue weighted by atomic mass is 35.5. The second-order valence-electron chi connectivity index (χ2n) is 8.51. The number of ether oxygens (including phenoxy) is 1. The van der Waals surface area contributed by atoms with E-state index in [0.717, 1.165) is 6.54 Å². The van der Waals surface area contributed by atoms with E-state index in [0.29, 0.717) is 39.9 Å². The van der Waals surface area contributed by atoms with Crippen LogP contribution in [0.5, 0.6) is 5.75 Å². The van der Waals surface area contributed by atoms with Crippen molar-refractivity contribution in [2.45, 2.75) is 32.4 Å². The smallest absolute Gasteiger partial charge is 0.295 e. The van der Waals surface area contributed by atoms with Gasteiger partial charge in [-0.3, -0.25) is 9.59 Å². The second-order valence-corrected chi connectivity index (χ2v) is 9.35. The summed E-state index contributed by atoms with van der Waals surface area (Å²) in [6.07, 6.45) is 0.659. The number of aliphatic hydroxyl groups is 1. The number of rotatable bonds is 8. The first kappa shape index (κ1) is 25.1. The number of likely N-dealkylation sites (tertiary alicyclic amines) is 1. The van der Waals surface area contributed by atoms with Crippen molar-refractivity contribution in [2.24, 2.45) is 0 Å². The van der Waals surface area contributed by atoms with Crippen LogP contribution in [0, 0.1) is 0 Å². The van der Waals surface area contributed by atoms with Crippen LogP contribution in [0.25, 0.3) is 5.76 Å². The van der Waals surface area contributed by atoms with Crippen LogP contribution in [0.2, 0.25) is 10.0 Å². The molecule has 6 nitrogen and oxygen atoms in total. The van der Waals surface area contributed by atoms with Gasteiger partial charge in [0.05, 0.1) is 17.7 Å². The zero-order chi connectivity index (χ0) is 24.3. The summed E-state index contributed by atoms with van der Waals surface area (Å²) in [4.78, 5) is 29.6. The Bertz CT molecular complexity index is 1060. The Hall–Kier alpha value is -2.54. The van der Waals surface area contributed by atoms with Crippen LogP contribution in [0.4, 0.5) is 0 Å². The molecule has 0 spiro atoms. The largest absolute Gasteiger partial charge is 0.507 e. The van der Waals surface area contributed by atoms with Gasteiger partial charge in [0.1, 0.15) is 11.5 Å². The molecule has 1 aliphatic heterocycles. The number of nitrogens with zero attached hydrogens (tertiary/aromatic N) is 2. The molecule has 1 amide bonds. The molecular formula is C25H28Cl2N2O4. The first-order valence-electron chi connectivity index (χ1n) is 10.7. The summed E-state index contributed by atoms with van der Waals surface area (Å²) in [7, 11) is 3.88. The molecular weight excluding hydrogens is 463 g/mol. The van der Waals surface area contributed by atoms with Crippen molar-refractivity contribution in [1.82, 2.24) is 9.80 Å². The third-order valence-corrected chi connectivity index (χ3v) is 5.86. The van der Waals surface area contributed by atoms with Gasteiger partial charge in [0, 0.05) is 22.2 Å². The summed E-state index contributed by atoms with van der Waals surface area (Å²) in [5.41, 5.74) is 0.950. The van der Waals surface area contributed by atoms with E-state index >= 15 is 0 Å². The van der Waals surface area contributed by atoms with Crippen molar-refractivity contribution < 1.29 is 19.4 Å². The molecule has 0 bridgehead atoms. The van der Waals surface area contributed by atoms with E-state index in [9.17, 15) is 14.7 Å². The molecule has 0 aliphatic carbocycles. The van der Waals surface area contributed by atoms with E-state index in [4.69, 9.17) is 27.9 Å². The van der Waals surface area contributed by atoms with Crippen molar-refractivity contribution in [3.8, 4) is 5.75 Å². The van der Waals surface area contributed by atoms with Crippen LogP contribution in [0.1, 0.15) is 37.4 Å². The highest BCUT2D eigenvalue weighted by Gasteiger charge is 2.46. The number of carbonyl (C=O) groups is 2. The number of amides is 1. The molecule has 3 rings (SSSR count). The van der Waals surface area contributed by atoms with Gasteiger partial charge in [-0.2, -0.15) is 0 Å². The number of ketones is 1. The molecule has 1 atom stereocenters. The van der Waals surface area contributed by atoms with E-state index < -0.39 is 17.7 Å². The van der Waals surface area contributed by atoms with E-state index in [-0.39, 0.29) is 17.4 Å². The fourth-order valence-corrected chi connectivity index (χ4v) is 4.35. The SMILES string of the molecule is CC(C)Oc1ccc(C(O)=C2C(=O)C(=O)N(CCCN(C)C)[C@@H]2c2ccc(Cl)cc2Cl)cc1. The first-order valence-corrected chi connectivity index (χ1v) is 11.5. The van der Waals surface area contributed by atoms with Gasteiger partial charge in [0.25, 0.3) is 11.7 Å². The van der Waals surface area contributed by atoms with Gasteiger partial charge in [-0.1, -0.05) is 29.3 Å². The minimum atomic E-state index is -0.816. The molecule has 0 unspecified atom stereocenters. The normalized spacial score (nSPS) is 17.9. The Kier molecular flexibility index (Phi) is 8.05. The second kappa shape index (κ2) is 10.6. The van der Waals surface area contributed by atoms with Crippen LogP contribution in [0.15, 0.2) is 48.0 Å². The van der Waals surface area contributed by atoms with Gasteiger partial charge < -0.3 is 19.6 Å². The lowest BCUT2D eigenvalue weighted by Crippen LogP contribution is -2.32. The van der Waals surface area contributed by atoms with Crippen LogP contribution in [-0.4, -0.2) is 59.9 Å². The van der Waals surface area contributed by atoms with E-state index in [1.54, 1.807) is 42.5 Å². The monoisotopic (exact) mass is 490 g/mol. The summed E-state index contributed by atoms with van der Waals surface area (Å²) in [6.45, 7) is 4.91. The van der Waals surface area contributed by atoms with Gasteiger partial charge >= 0.3 is 0 Å². The Labute approximate surface area is 204 Å². The lowest BCUT2D eigenvalue weighted by Gasteiger charge is -2.26. The number of halogens is 2. The lowest BCUT2D eigenvalue weighted by atomic mass is 9.95. The molecule has 176 valence electrons. The van der Waals surface area contributed by atoms with Crippen LogP contribution >= 0.6 is 23.2 Å². The summed E-state index contributed by atoms with van der Waals surface area (Å²) >= 11 is 12.5. The summed E-state index contributed by atoms with van der Waals surface area (Å²) in [6, 6.07) is 10.8. The quantitative estimate of drug-likeness (QED) is 0.314. The highest BCUT2D eigenvalue weighted by molar-refractivity contribution is 6.47. The Balaban J connectivity index is 2.08. The first-order chi connectivity index (χ1) is 15.6. The minimum absolute atomic E-state index is 0.00369. The number of aliphatic hydroxyl groups excluding tert-OH is 1. The van der Waals surface area contributed by atoms with E-state index in [1.165, 1.54) is 4.90 Å². The molecule has 2 aromatic rings. The topological polar surface area (TPSA) is 70.1 Å². The van der Waals surface area contributed by atoms with Crippen molar-refractivity contribution in [3.63, 3.8) is 0 Å². The summed E-state index contributed by atoms with van der Waals surface area (Å²) in [5, 5.41) is 11.9. The number of benzene rings is 2. The predicted molar refractivity (Wildman–Crippen MR) is 131 cm³/mol. The number of hydrogen-bond donors (Lipinski definition) is 1. The molecule has 1 fully saturated rings. The summed E-state index contributed by atoms with van der Waals surface area (Å²) < 4.78 is 5.65.